The van der Waals surface area contributed by atoms with Gasteiger partial charge in [0, 0.05) is 6.42 Å². The van der Waals surface area contributed by atoms with E-state index in [1.54, 1.807) is 9.21 Å². The van der Waals surface area contributed by atoms with Crippen molar-refractivity contribution in [2.75, 3.05) is 26.2 Å². The number of quaternary nitrogens is 1. The van der Waals surface area contributed by atoms with Crippen LogP contribution in [0.25, 0.3) is 0 Å². The topological polar surface area (TPSA) is 41.8 Å². The number of hydrogen-bond acceptors (Lipinski definition) is 2. The Morgan fingerprint density at radius 2 is 1.83 bits per heavy atom. The van der Waals surface area contributed by atoms with Crippen molar-refractivity contribution in [3.63, 3.8) is 0 Å². The summed E-state index contributed by atoms with van der Waals surface area (Å²) >= 11 is 0. The second-order valence-corrected chi connectivity index (χ2v) is 9.24. The molecule has 1 heterocycles. The smallest absolute Gasteiger partial charge is 0.218 e. The Kier molecular flexibility index (Phi) is 5.39. The summed E-state index contributed by atoms with van der Waals surface area (Å²) in [5.74, 6) is 0.963. The van der Waals surface area contributed by atoms with Crippen molar-refractivity contribution in [3.8, 4) is 0 Å². The molecule has 2 fully saturated rings. The van der Waals surface area contributed by atoms with Gasteiger partial charge in [0.2, 0.25) is 10.0 Å². The lowest BCUT2D eigenvalue weighted by Crippen LogP contribution is -3.18. The summed E-state index contributed by atoms with van der Waals surface area (Å²) < 4.78 is 26.9. The SMILES string of the molecule is C[C@H]1CCC[C@H]([NH+]2CCN(S(=O)(=O)Cc3ccccc3)CC2)C1. The Labute approximate surface area is 140 Å². The summed E-state index contributed by atoms with van der Waals surface area (Å²) in [4.78, 5) is 1.63. The number of rotatable bonds is 4. The average molecular weight is 338 g/mol. The largest absolute Gasteiger partial charge is 0.330 e. The van der Waals surface area contributed by atoms with E-state index < -0.39 is 10.0 Å². The highest BCUT2D eigenvalue weighted by Gasteiger charge is 2.34. The molecule has 2 aliphatic rings. The molecule has 1 saturated heterocycles. The lowest BCUT2D eigenvalue weighted by atomic mass is 9.86. The first kappa shape index (κ1) is 16.9. The molecule has 3 rings (SSSR count). The van der Waals surface area contributed by atoms with Gasteiger partial charge in [-0.3, -0.25) is 0 Å². The number of piperazine rings is 1. The van der Waals surface area contributed by atoms with Crippen LogP contribution in [0.15, 0.2) is 30.3 Å². The van der Waals surface area contributed by atoms with E-state index in [4.69, 9.17) is 0 Å². The highest BCUT2D eigenvalue weighted by molar-refractivity contribution is 7.88. The molecule has 1 aliphatic heterocycles. The molecule has 0 radical (unpaired) electrons. The normalized spacial score (nSPS) is 27.9. The van der Waals surface area contributed by atoms with Crippen molar-refractivity contribution in [2.45, 2.75) is 44.4 Å². The molecule has 1 aromatic carbocycles. The van der Waals surface area contributed by atoms with E-state index in [1.807, 2.05) is 30.3 Å². The van der Waals surface area contributed by atoms with E-state index in [0.717, 1.165) is 30.6 Å². The minimum absolute atomic E-state index is 0.129. The highest BCUT2D eigenvalue weighted by atomic mass is 32.2. The van der Waals surface area contributed by atoms with Gasteiger partial charge in [0.25, 0.3) is 0 Å². The Bertz CT molecular complexity index is 595. The molecule has 1 N–H and O–H groups in total. The predicted molar refractivity (Wildman–Crippen MR) is 92.8 cm³/mol. The maximum atomic E-state index is 12.6. The van der Waals surface area contributed by atoms with Crippen molar-refractivity contribution in [3.05, 3.63) is 35.9 Å². The summed E-state index contributed by atoms with van der Waals surface area (Å²) in [6.07, 6.45) is 5.33. The summed E-state index contributed by atoms with van der Waals surface area (Å²) in [6, 6.07) is 10.3. The fourth-order valence-corrected chi connectivity index (χ4v) is 5.68. The van der Waals surface area contributed by atoms with Gasteiger partial charge < -0.3 is 4.90 Å². The molecule has 1 aromatic rings. The van der Waals surface area contributed by atoms with Crippen LogP contribution in [0.5, 0.6) is 0 Å². The third kappa shape index (κ3) is 4.34. The van der Waals surface area contributed by atoms with Gasteiger partial charge in [0.1, 0.15) is 0 Å². The van der Waals surface area contributed by atoms with Crippen molar-refractivity contribution in [1.29, 1.82) is 0 Å². The molecule has 0 amide bonds. The third-order valence-electron chi connectivity index (χ3n) is 5.46. The maximum absolute atomic E-state index is 12.6. The zero-order valence-corrected chi connectivity index (χ0v) is 14.9. The summed E-state index contributed by atoms with van der Waals surface area (Å²) in [5.41, 5.74) is 0.878. The molecule has 0 spiro atoms. The molecule has 128 valence electrons. The average Bonchev–Trinajstić information content (AvgIpc) is 2.55. The maximum Gasteiger partial charge on any atom is 0.218 e. The molecular weight excluding hydrogens is 308 g/mol. The van der Waals surface area contributed by atoms with Crippen LogP contribution in [0, 0.1) is 5.92 Å². The number of hydrogen-bond donors (Lipinski definition) is 1. The Morgan fingerprint density at radius 3 is 2.48 bits per heavy atom. The first-order valence-electron chi connectivity index (χ1n) is 8.91. The van der Waals surface area contributed by atoms with E-state index in [1.165, 1.54) is 25.7 Å². The standard InChI is InChI=1S/C18H28N2O2S/c1-16-6-5-9-18(14-16)19-10-12-20(13-11-19)23(21,22)15-17-7-3-2-4-8-17/h2-4,7-8,16,18H,5-6,9-15H2,1H3/p+1/t16-,18-/m0/s1. The third-order valence-corrected chi connectivity index (χ3v) is 7.31. The van der Waals surface area contributed by atoms with Crippen LogP contribution in [0.1, 0.15) is 38.2 Å². The molecule has 4 nitrogen and oxygen atoms in total. The van der Waals surface area contributed by atoms with Gasteiger partial charge in [-0.1, -0.05) is 43.7 Å². The number of sulfonamides is 1. The minimum atomic E-state index is -3.18. The van der Waals surface area contributed by atoms with Crippen LogP contribution in [0.3, 0.4) is 0 Å². The molecule has 23 heavy (non-hydrogen) atoms. The van der Waals surface area contributed by atoms with Crippen LogP contribution in [-0.4, -0.2) is 44.9 Å². The zero-order chi connectivity index (χ0) is 16.3. The molecule has 0 aromatic heterocycles. The van der Waals surface area contributed by atoms with E-state index in [0.29, 0.717) is 13.1 Å². The summed E-state index contributed by atoms with van der Waals surface area (Å²) in [6.45, 7) is 5.63. The minimum Gasteiger partial charge on any atom is -0.330 e. The van der Waals surface area contributed by atoms with Crippen LogP contribution in [-0.2, 0) is 15.8 Å². The van der Waals surface area contributed by atoms with Crippen molar-refractivity contribution >= 4 is 10.0 Å². The number of benzene rings is 1. The molecule has 0 bridgehead atoms. The van der Waals surface area contributed by atoms with Crippen molar-refractivity contribution < 1.29 is 13.3 Å². The molecule has 0 unspecified atom stereocenters. The fraction of sp³-hybridized carbons (Fsp3) is 0.667. The quantitative estimate of drug-likeness (QED) is 0.900. The summed E-state index contributed by atoms with van der Waals surface area (Å²) in [7, 11) is -3.18. The molecule has 1 aliphatic carbocycles. The predicted octanol–water partition coefficient (Wildman–Crippen LogP) is 1.30. The van der Waals surface area contributed by atoms with Crippen molar-refractivity contribution in [1.82, 2.24) is 4.31 Å². The second-order valence-electron chi connectivity index (χ2n) is 7.27. The van der Waals surface area contributed by atoms with Crippen LogP contribution >= 0.6 is 0 Å². The van der Waals surface area contributed by atoms with E-state index in [2.05, 4.69) is 6.92 Å². The molecule has 5 heteroatoms. The van der Waals surface area contributed by atoms with Gasteiger partial charge in [-0.05, 0) is 24.3 Å². The molecular formula is C18H29N2O2S+. The Balaban J connectivity index is 1.55. The Hall–Kier alpha value is -0.910. The molecule has 2 atom stereocenters. The van der Waals surface area contributed by atoms with Crippen LogP contribution < -0.4 is 4.90 Å². The van der Waals surface area contributed by atoms with E-state index in [9.17, 15) is 8.42 Å². The second kappa shape index (κ2) is 7.32. The van der Waals surface area contributed by atoms with E-state index >= 15 is 0 Å². The first-order chi connectivity index (χ1) is 11.0. The van der Waals surface area contributed by atoms with Gasteiger partial charge in [-0.15, -0.1) is 0 Å². The zero-order valence-electron chi connectivity index (χ0n) is 14.1. The fourth-order valence-electron chi connectivity index (χ4n) is 4.14. The lowest BCUT2D eigenvalue weighted by Gasteiger charge is -2.38. The van der Waals surface area contributed by atoms with Gasteiger partial charge in [0.15, 0.2) is 0 Å². The van der Waals surface area contributed by atoms with Gasteiger partial charge in [0.05, 0.1) is 38.0 Å². The van der Waals surface area contributed by atoms with Crippen LogP contribution in [0.2, 0.25) is 0 Å². The van der Waals surface area contributed by atoms with Gasteiger partial charge >= 0.3 is 0 Å². The van der Waals surface area contributed by atoms with Gasteiger partial charge in [-0.2, -0.15) is 4.31 Å². The van der Waals surface area contributed by atoms with E-state index in [-0.39, 0.29) is 5.75 Å². The first-order valence-corrected chi connectivity index (χ1v) is 10.5. The summed E-state index contributed by atoms with van der Waals surface area (Å²) in [5, 5.41) is 0. The monoisotopic (exact) mass is 337 g/mol. The number of nitrogens with zero attached hydrogens (tertiary/aromatic N) is 1. The molecule has 1 saturated carbocycles. The van der Waals surface area contributed by atoms with Crippen molar-refractivity contribution in [2.24, 2.45) is 5.92 Å². The van der Waals surface area contributed by atoms with Gasteiger partial charge in [-0.25, -0.2) is 8.42 Å². The van der Waals surface area contributed by atoms with Crippen LogP contribution in [0.4, 0.5) is 0 Å². The highest BCUT2D eigenvalue weighted by Crippen LogP contribution is 2.22. The number of nitrogens with one attached hydrogen (secondary N) is 1. The lowest BCUT2D eigenvalue weighted by molar-refractivity contribution is -0.930. The Morgan fingerprint density at radius 1 is 1.13 bits per heavy atom.